The van der Waals surface area contributed by atoms with E-state index >= 15 is 0 Å². The lowest BCUT2D eigenvalue weighted by Gasteiger charge is -2.30. The fourth-order valence-corrected chi connectivity index (χ4v) is 2.64. The molecule has 0 aliphatic carbocycles. The van der Waals surface area contributed by atoms with Crippen LogP contribution in [-0.2, 0) is 11.2 Å². The van der Waals surface area contributed by atoms with Crippen molar-refractivity contribution in [3.63, 3.8) is 0 Å². The van der Waals surface area contributed by atoms with E-state index < -0.39 is 0 Å². The topological polar surface area (TPSA) is 56.5 Å². The van der Waals surface area contributed by atoms with Gasteiger partial charge in [-0.3, -0.25) is 0 Å². The first-order valence-corrected chi connectivity index (χ1v) is 6.67. The summed E-state index contributed by atoms with van der Waals surface area (Å²) >= 11 is 0. The van der Waals surface area contributed by atoms with E-state index in [4.69, 9.17) is 15.2 Å². The van der Waals surface area contributed by atoms with Gasteiger partial charge in [0.05, 0.1) is 19.8 Å². The molecule has 2 aliphatic rings. The van der Waals surface area contributed by atoms with Gasteiger partial charge in [-0.05, 0) is 30.0 Å². The third-order valence-corrected chi connectivity index (χ3v) is 3.70. The Kier molecular flexibility index (Phi) is 3.50. The highest BCUT2D eigenvalue weighted by atomic mass is 16.5. The summed E-state index contributed by atoms with van der Waals surface area (Å²) in [6, 6.07) is 6.51. The van der Waals surface area contributed by atoms with E-state index in [0.29, 0.717) is 6.61 Å². The fourth-order valence-electron chi connectivity index (χ4n) is 2.64. The van der Waals surface area contributed by atoms with E-state index in [2.05, 4.69) is 17.4 Å². The molecule has 0 amide bonds. The Morgan fingerprint density at radius 2 is 2.28 bits per heavy atom. The van der Waals surface area contributed by atoms with Crippen LogP contribution in [-0.4, -0.2) is 32.4 Å². The number of morpholine rings is 1. The zero-order valence-corrected chi connectivity index (χ0v) is 10.5. The van der Waals surface area contributed by atoms with Crippen LogP contribution in [0.5, 0.6) is 5.75 Å². The van der Waals surface area contributed by atoms with Gasteiger partial charge in [-0.1, -0.05) is 12.1 Å². The van der Waals surface area contributed by atoms with Gasteiger partial charge in [-0.15, -0.1) is 0 Å². The normalized spacial score (nSPS) is 25.1. The Bertz CT molecular complexity index is 416. The molecule has 4 nitrogen and oxygen atoms in total. The molecule has 18 heavy (non-hydrogen) atoms. The van der Waals surface area contributed by atoms with E-state index in [-0.39, 0.29) is 12.1 Å². The van der Waals surface area contributed by atoms with Crippen LogP contribution in [0.2, 0.25) is 0 Å². The lowest BCUT2D eigenvalue weighted by molar-refractivity contribution is 0.0684. The van der Waals surface area contributed by atoms with Crippen molar-refractivity contribution in [3.8, 4) is 5.75 Å². The smallest absolute Gasteiger partial charge is 0.122 e. The van der Waals surface area contributed by atoms with Crippen LogP contribution in [0.1, 0.15) is 23.6 Å². The van der Waals surface area contributed by atoms with Gasteiger partial charge in [-0.25, -0.2) is 0 Å². The third-order valence-electron chi connectivity index (χ3n) is 3.70. The minimum Gasteiger partial charge on any atom is -0.493 e. The molecular weight excluding hydrogens is 228 g/mol. The van der Waals surface area contributed by atoms with E-state index in [0.717, 1.165) is 38.3 Å². The second-order valence-electron chi connectivity index (χ2n) is 4.98. The monoisotopic (exact) mass is 248 g/mol. The SMILES string of the molecule is NC(c1ccc2c(c1)CCCO2)C1COCCN1. The van der Waals surface area contributed by atoms with Gasteiger partial charge in [0, 0.05) is 18.6 Å². The van der Waals surface area contributed by atoms with Crippen LogP contribution >= 0.6 is 0 Å². The van der Waals surface area contributed by atoms with E-state index in [1.54, 1.807) is 0 Å². The molecule has 1 aromatic rings. The number of fused-ring (bicyclic) bond motifs is 1. The molecule has 2 atom stereocenters. The van der Waals surface area contributed by atoms with Crippen molar-refractivity contribution in [3.05, 3.63) is 29.3 Å². The number of rotatable bonds is 2. The van der Waals surface area contributed by atoms with E-state index in [1.807, 2.05) is 6.07 Å². The molecule has 2 aliphatic heterocycles. The maximum Gasteiger partial charge on any atom is 0.122 e. The van der Waals surface area contributed by atoms with Crippen LogP contribution in [0.25, 0.3) is 0 Å². The van der Waals surface area contributed by atoms with Crippen molar-refractivity contribution >= 4 is 0 Å². The van der Waals surface area contributed by atoms with Crippen LogP contribution in [0.15, 0.2) is 18.2 Å². The zero-order valence-electron chi connectivity index (χ0n) is 10.5. The molecule has 1 fully saturated rings. The zero-order chi connectivity index (χ0) is 12.4. The number of nitrogens with one attached hydrogen (secondary N) is 1. The van der Waals surface area contributed by atoms with Crippen LogP contribution in [0, 0.1) is 0 Å². The summed E-state index contributed by atoms with van der Waals surface area (Å²) < 4.78 is 11.1. The molecule has 1 aromatic carbocycles. The summed E-state index contributed by atoms with van der Waals surface area (Å²) in [6.45, 7) is 3.18. The molecule has 2 unspecified atom stereocenters. The first kappa shape index (κ1) is 12.0. The van der Waals surface area contributed by atoms with Crippen LogP contribution < -0.4 is 15.8 Å². The van der Waals surface area contributed by atoms with Gasteiger partial charge in [0.15, 0.2) is 0 Å². The van der Waals surface area contributed by atoms with Gasteiger partial charge in [0.2, 0.25) is 0 Å². The van der Waals surface area contributed by atoms with Crippen molar-refractivity contribution in [1.82, 2.24) is 5.32 Å². The maximum atomic E-state index is 6.32. The minimum atomic E-state index is -0.0162. The molecule has 0 radical (unpaired) electrons. The third kappa shape index (κ3) is 2.36. The summed E-state index contributed by atoms with van der Waals surface area (Å²) in [5, 5.41) is 3.42. The molecular formula is C14H20N2O2. The lowest BCUT2D eigenvalue weighted by atomic mass is 9.95. The molecule has 0 saturated carbocycles. The minimum absolute atomic E-state index is 0.0162. The standard InChI is InChI=1S/C14H20N2O2/c15-14(12-9-17-7-5-16-12)11-3-4-13-10(8-11)2-1-6-18-13/h3-4,8,12,14,16H,1-2,5-7,9,15H2. The van der Waals surface area contributed by atoms with Gasteiger partial charge in [0.1, 0.15) is 5.75 Å². The van der Waals surface area contributed by atoms with Crippen molar-refractivity contribution in [2.45, 2.75) is 24.9 Å². The molecule has 0 spiro atoms. The lowest BCUT2D eigenvalue weighted by Crippen LogP contribution is -2.47. The Hall–Kier alpha value is -1.10. The number of hydrogen-bond donors (Lipinski definition) is 2. The number of benzene rings is 1. The van der Waals surface area contributed by atoms with Crippen LogP contribution in [0.4, 0.5) is 0 Å². The van der Waals surface area contributed by atoms with Crippen molar-refractivity contribution in [2.24, 2.45) is 5.73 Å². The predicted octanol–water partition coefficient (Wildman–Crippen LogP) is 1.000. The highest BCUT2D eigenvalue weighted by Crippen LogP contribution is 2.28. The Morgan fingerprint density at radius 3 is 3.11 bits per heavy atom. The largest absolute Gasteiger partial charge is 0.493 e. The van der Waals surface area contributed by atoms with E-state index in [1.165, 1.54) is 11.1 Å². The highest BCUT2D eigenvalue weighted by molar-refractivity contribution is 5.40. The number of nitrogens with two attached hydrogens (primary N) is 1. The van der Waals surface area contributed by atoms with Gasteiger partial charge in [-0.2, -0.15) is 0 Å². The average Bonchev–Trinajstić information content (AvgIpc) is 2.47. The summed E-state index contributed by atoms with van der Waals surface area (Å²) in [5.74, 6) is 1.02. The number of ether oxygens (including phenoxy) is 2. The van der Waals surface area contributed by atoms with Crippen molar-refractivity contribution < 1.29 is 9.47 Å². The molecule has 1 saturated heterocycles. The molecule has 98 valence electrons. The summed E-state index contributed by atoms with van der Waals surface area (Å²) in [6.07, 6.45) is 2.18. The van der Waals surface area contributed by atoms with Gasteiger partial charge in [0.25, 0.3) is 0 Å². The summed E-state index contributed by atoms with van der Waals surface area (Å²) in [4.78, 5) is 0. The number of aryl methyl sites for hydroxylation is 1. The Morgan fingerprint density at radius 1 is 1.33 bits per heavy atom. The fraction of sp³-hybridized carbons (Fsp3) is 0.571. The quantitative estimate of drug-likeness (QED) is 0.820. The first-order chi connectivity index (χ1) is 8.84. The van der Waals surface area contributed by atoms with Crippen LogP contribution in [0.3, 0.4) is 0 Å². The second kappa shape index (κ2) is 5.26. The molecule has 0 bridgehead atoms. The van der Waals surface area contributed by atoms with Gasteiger partial charge < -0.3 is 20.5 Å². The highest BCUT2D eigenvalue weighted by Gasteiger charge is 2.23. The van der Waals surface area contributed by atoms with Crippen molar-refractivity contribution in [1.29, 1.82) is 0 Å². The Balaban J connectivity index is 1.78. The summed E-state index contributed by atoms with van der Waals surface area (Å²) in [5.41, 5.74) is 8.77. The van der Waals surface area contributed by atoms with Crippen molar-refractivity contribution in [2.75, 3.05) is 26.4 Å². The van der Waals surface area contributed by atoms with E-state index in [9.17, 15) is 0 Å². The summed E-state index contributed by atoms with van der Waals surface area (Å²) in [7, 11) is 0. The molecule has 3 N–H and O–H groups in total. The maximum absolute atomic E-state index is 6.32. The van der Waals surface area contributed by atoms with Gasteiger partial charge >= 0.3 is 0 Å². The molecule has 0 aromatic heterocycles. The molecule has 3 rings (SSSR count). The molecule has 2 heterocycles. The number of hydrogen-bond acceptors (Lipinski definition) is 4. The Labute approximate surface area is 107 Å². The molecule has 4 heteroatoms. The first-order valence-electron chi connectivity index (χ1n) is 6.67. The predicted molar refractivity (Wildman–Crippen MR) is 69.8 cm³/mol. The average molecular weight is 248 g/mol. The second-order valence-corrected chi connectivity index (χ2v) is 4.98.